The Hall–Kier alpha value is -2.62. The van der Waals surface area contributed by atoms with E-state index >= 15 is 0 Å². The van der Waals surface area contributed by atoms with Gasteiger partial charge in [-0.05, 0) is 47.9 Å². The molecule has 0 saturated heterocycles. The quantitative estimate of drug-likeness (QED) is 0.415. The molecule has 1 amide bonds. The zero-order valence-corrected chi connectivity index (χ0v) is 16.4. The zero-order chi connectivity index (χ0) is 20.4. The number of thiazole rings is 1. The number of hydrogen-bond donors (Lipinski definition) is 2. The van der Waals surface area contributed by atoms with E-state index in [4.69, 9.17) is 0 Å². The first kappa shape index (κ1) is 19.7. The molecule has 4 rings (SSSR count). The van der Waals surface area contributed by atoms with Crippen molar-refractivity contribution in [3.05, 3.63) is 75.7 Å². The predicted molar refractivity (Wildman–Crippen MR) is 109 cm³/mol. The van der Waals surface area contributed by atoms with Gasteiger partial charge >= 0.3 is 6.18 Å². The average molecular weight is 433 g/mol. The Kier molecular flexibility index (Phi) is 5.44. The van der Waals surface area contributed by atoms with Crippen molar-refractivity contribution in [1.82, 2.24) is 9.71 Å². The number of amides is 1. The smallest absolute Gasteiger partial charge is 0.321 e. The van der Waals surface area contributed by atoms with Crippen molar-refractivity contribution >= 4 is 46.5 Å². The maximum absolute atomic E-state index is 12.8. The number of halogens is 3. The second kappa shape index (κ2) is 8.02. The van der Waals surface area contributed by atoms with Crippen LogP contribution in [0.1, 0.15) is 21.7 Å². The van der Waals surface area contributed by atoms with Gasteiger partial charge in [-0.2, -0.15) is 13.2 Å². The first-order valence-corrected chi connectivity index (χ1v) is 10.2. The standard InChI is InChI=1S/C20H14F3N3OS2/c21-20(22,23)13-3-1-2-12(8-13)11-25-29-14-4-5-17-15(9-14)16(19(27)26-17)10-18-24-6-7-28-18/h1-10,25H,11H2,(H,26,27)/b16-10+. The Balaban J connectivity index is 1.47. The zero-order valence-electron chi connectivity index (χ0n) is 14.8. The van der Waals surface area contributed by atoms with E-state index in [1.807, 2.05) is 23.6 Å². The average Bonchev–Trinajstić information content (AvgIpc) is 3.30. The minimum Gasteiger partial charge on any atom is -0.321 e. The molecule has 0 unspecified atom stereocenters. The number of nitrogens with zero attached hydrogens (tertiary/aromatic N) is 1. The Morgan fingerprint density at radius 3 is 2.83 bits per heavy atom. The molecule has 0 spiro atoms. The van der Waals surface area contributed by atoms with Crippen LogP contribution < -0.4 is 10.0 Å². The van der Waals surface area contributed by atoms with Crippen LogP contribution in [0.3, 0.4) is 0 Å². The third kappa shape index (κ3) is 4.52. The molecule has 29 heavy (non-hydrogen) atoms. The fraction of sp³-hybridized carbons (Fsp3) is 0.100. The first-order chi connectivity index (χ1) is 13.9. The lowest BCUT2D eigenvalue weighted by molar-refractivity contribution is -0.137. The van der Waals surface area contributed by atoms with Crippen molar-refractivity contribution in [3.8, 4) is 0 Å². The van der Waals surface area contributed by atoms with Gasteiger partial charge < -0.3 is 5.32 Å². The number of fused-ring (bicyclic) bond motifs is 1. The number of alkyl halides is 3. The lowest BCUT2D eigenvalue weighted by atomic mass is 10.1. The molecule has 0 fully saturated rings. The Labute approximate surface area is 173 Å². The van der Waals surface area contributed by atoms with Crippen molar-refractivity contribution in [2.24, 2.45) is 0 Å². The van der Waals surface area contributed by atoms with Crippen molar-refractivity contribution in [2.45, 2.75) is 17.6 Å². The van der Waals surface area contributed by atoms with Gasteiger partial charge in [0.2, 0.25) is 0 Å². The van der Waals surface area contributed by atoms with Crippen molar-refractivity contribution < 1.29 is 18.0 Å². The highest BCUT2D eigenvalue weighted by atomic mass is 32.2. The third-order valence-corrected chi connectivity index (χ3v) is 5.71. The number of anilines is 1. The molecule has 1 aliphatic heterocycles. The van der Waals surface area contributed by atoms with Crippen LogP contribution in [0.4, 0.5) is 18.9 Å². The molecule has 0 saturated carbocycles. The van der Waals surface area contributed by atoms with E-state index in [-0.39, 0.29) is 12.5 Å². The topological polar surface area (TPSA) is 54.0 Å². The van der Waals surface area contributed by atoms with Crippen molar-refractivity contribution in [3.63, 3.8) is 0 Å². The molecule has 1 aromatic heterocycles. The molecule has 0 bridgehead atoms. The maximum Gasteiger partial charge on any atom is 0.416 e. The van der Waals surface area contributed by atoms with Gasteiger partial charge in [-0.3, -0.25) is 9.52 Å². The van der Waals surface area contributed by atoms with E-state index in [0.29, 0.717) is 11.1 Å². The molecule has 2 N–H and O–H groups in total. The normalized spacial score (nSPS) is 14.9. The lowest BCUT2D eigenvalue weighted by Gasteiger charge is -2.09. The predicted octanol–water partition coefficient (Wildman–Crippen LogP) is 5.45. The van der Waals surface area contributed by atoms with Crippen LogP contribution in [0.25, 0.3) is 11.6 Å². The highest BCUT2D eigenvalue weighted by molar-refractivity contribution is 7.97. The number of hydrogen-bond acceptors (Lipinski definition) is 5. The number of nitrogens with one attached hydrogen (secondary N) is 2. The SMILES string of the molecule is O=C1Nc2ccc(SNCc3cccc(C(F)(F)F)c3)cc2/C1=C\c1nccs1. The summed E-state index contributed by atoms with van der Waals surface area (Å²) in [6.07, 6.45) is -0.937. The van der Waals surface area contributed by atoms with Gasteiger partial charge in [0.25, 0.3) is 5.91 Å². The summed E-state index contributed by atoms with van der Waals surface area (Å²) in [4.78, 5) is 17.3. The third-order valence-electron chi connectivity index (χ3n) is 4.21. The highest BCUT2D eigenvalue weighted by Gasteiger charge is 2.30. The molecule has 9 heteroatoms. The van der Waals surface area contributed by atoms with E-state index in [1.165, 1.54) is 29.4 Å². The lowest BCUT2D eigenvalue weighted by Crippen LogP contribution is -2.08. The summed E-state index contributed by atoms with van der Waals surface area (Å²) >= 11 is 2.74. The minimum absolute atomic E-state index is 0.186. The number of carbonyl (C=O) groups excluding carboxylic acids is 1. The van der Waals surface area contributed by atoms with Gasteiger partial charge in [0.15, 0.2) is 0 Å². The van der Waals surface area contributed by atoms with Crippen molar-refractivity contribution in [2.75, 3.05) is 5.32 Å². The van der Waals surface area contributed by atoms with Gasteiger partial charge in [-0.1, -0.05) is 18.2 Å². The molecule has 0 atom stereocenters. The van der Waals surface area contributed by atoms with E-state index in [2.05, 4.69) is 15.0 Å². The number of aromatic nitrogens is 1. The van der Waals surface area contributed by atoms with E-state index < -0.39 is 11.7 Å². The van der Waals surface area contributed by atoms with Crippen molar-refractivity contribution in [1.29, 1.82) is 0 Å². The van der Waals surface area contributed by atoms with Crippen LogP contribution in [0.2, 0.25) is 0 Å². The van der Waals surface area contributed by atoms with Crippen LogP contribution in [-0.4, -0.2) is 10.9 Å². The first-order valence-electron chi connectivity index (χ1n) is 8.53. The van der Waals surface area contributed by atoms with E-state index in [1.54, 1.807) is 18.3 Å². The van der Waals surface area contributed by atoms with E-state index in [0.717, 1.165) is 33.3 Å². The van der Waals surface area contributed by atoms with Crippen LogP contribution >= 0.6 is 23.3 Å². The monoisotopic (exact) mass is 433 g/mol. The van der Waals surface area contributed by atoms with Crippen LogP contribution in [0.15, 0.2) is 58.9 Å². The van der Waals surface area contributed by atoms with Crippen LogP contribution in [0, 0.1) is 0 Å². The van der Waals surface area contributed by atoms with Gasteiger partial charge in [0.1, 0.15) is 5.01 Å². The summed E-state index contributed by atoms with van der Waals surface area (Å²) in [6.45, 7) is 0.269. The second-order valence-electron chi connectivity index (χ2n) is 6.21. The van der Waals surface area contributed by atoms with Gasteiger partial charge in [-0.15, -0.1) is 11.3 Å². The molecular formula is C20H14F3N3OS2. The minimum atomic E-state index is -4.36. The number of carbonyl (C=O) groups is 1. The highest BCUT2D eigenvalue weighted by Crippen LogP contribution is 2.36. The molecule has 148 valence electrons. The van der Waals surface area contributed by atoms with E-state index in [9.17, 15) is 18.0 Å². The molecule has 0 aliphatic carbocycles. The summed E-state index contributed by atoms with van der Waals surface area (Å²) in [5, 5.41) is 5.40. The molecule has 3 aromatic rings. The fourth-order valence-corrected chi connectivity index (χ4v) is 4.15. The molecule has 2 heterocycles. The summed E-state index contributed by atoms with van der Waals surface area (Å²) < 4.78 is 41.5. The Bertz CT molecular complexity index is 1080. The molecule has 1 aliphatic rings. The van der Waals surface area contributed by atoms with Gasteiger partial charge in [0.05, 0.1) is 11.1 Å². The molecule has 2 aromatic carbocycles. The molecular weight excluding hydrogens is 419 g/mol. The fourth-order valence-electron chi connectivity index (χ4n) is 2.86. The van der Waals surface area contributed by atoms with Crippen LogP contribution in [0.5, 0.6) is 0 Å². The van der Waals surface area contributed by atoms with Crippen LogP contribution in [-0.2, 0) is 17.5 Å². The number of rotatable bonds is 5. The maximum atomic E-state index is 12.8. The van der Waals surface area contributed by atoms with Gasteiger partial charge in [0, 0.05) is 34.3 Å². The molecule has 0 radical (unpaired) electrons. The second-order valence-corrected chi connectivity index (χ2v) is 8.10. The Morgan fingerprint density at radius 1 is 1.21 bits per heavy atom. The number of benzene rings is 2. The van der Waals surface area contributed by atoms with Gasteiger partial charge in [-0.25, -0.2) is 4.98 Å². The largest absolute Gasteiger partial charge is 0.416 e. The Morgan fingerprint density at radius 2 is 2.07 bits per heavy atom. The molecule has 4 nitrogen and oxygen atoms in total. The summed E-state index contributed by atoms with van der Waals surface area (Å²) in [7, 11) is 0. The summed E-state index contributed by atoms with van der Waals surface area (Å²) in [6, 6.07) is 10.7. The summed E-state index contributed by atoms with van der Waals surface area (Å²) in [5.74, 6) is -0.186. The summed E-state index contributed by atoms with van der Waals surface area (Å²) in [5.41, 5.74) is 1.90.